The third kappa shape index (κ3) is 5.98. The van der Waals surface area contributed by atoms with Gasteiger partial charge < -0.3 is 10.2 Å². The van der Waals surface area contributed by atoms with E-state index in [9.17, 15) is 4.79 Å². The van der Waals surface area contributed by atoms with Gasteiger partial charge in [0, 0.05) is 6.61 Å². The zero-order valence-corrected chi connectivity index (χ0v) is 19.9. The van der Waals surface area contributed by atoms with E-state index in [0.29, 0.717) is 18.4 Å². The van der Waals surface area contributed by atoms with Crippen molar-refractivity contribution in [2.75, 3.05) is 6.61 Å². The van der Waals surface area contributed by atoms with Crippen molar-refractivity contribution in [1.82, 2.24) is 0 Å². The lowest BCUT2D eigenvalue weighted by molar-refractivity contribution is -0.138. The normalized spacial score (nSPS) is 24.7. The average Bonchev–Trinajstić information content (AvgIpc) is 3.61. The molecule has 2 aliphatic carbocycles. The molecule has 0 saturated heterocycles. The largest absolute Gasteiger partial charge is 0.481 e. The minimum atomic E-state index is -0.662. The number of aliphatic hydroxyl groups is 1. The first-order chi connectivity index (χ1) is 14.4. The van der Waals surface area contributed by atoms with Gasteiger partial charge in [-0.3, -0.25) is 4.79 Å². The highest BCUT2D eigenvalue weighted by Crippen LogP contribution is 2.48. The summed E-state index contributed by atoms with van der Waals surface area (Å²) < 4.78 is 0. The van der Waals surface area contributed by atoms with Crippen molar-refractivity contribution in [3.63, 3.8) is 0 Å². The smallest absolute Gasteiger partial charge is 0.307 e. The standard InChI is InChI=1S/C14H18O2.C14H20O/c1-14(2,3)10-6-4-9(5-7-10)11-8-12(11)13(15)16;1-14(2,3)12-6-4-10(5-7-12)13-8-11(13)9-15/h4-7,11-12H,8H2,1-3H3,(H,15,16);4-7,11,13,15H,8-9H2,1-3H3. The molecule has 2 fully saturated rings. The van der Waals surface area contributed by atoms with Gasteiger partial charge in [0.1, 0.15) is 0 Å². The monoisotopic (exact) mass is 422 g/mol. The molecule has 2 aromatic carbocycles. The van der Waals surface area contributed by atoms with E-state index in [1.807, 2.05) is 0 Å². The molecule has 4 atom stereocenters. The van der Waals surface area contributed by atoms with Crippen molar-refractivity contribution < 1.29 is 15.0 Å². The fourth-order valence-corrected chi connectivity index (χ4v) is 4.15. The van der Waals surface area contributed by atoms with Crippen LogP contribution in [0.25, 0.3) is 0 Å². The van der Waals surface area contributed by atoms with Gasteiger partial charge in [-0.2, -0.15) is 0 Å². The molecule has 0 amide bonds. The number of carboxylic acids is 1. The molecule has 0 radical (unpaired) electrons. The van der Waals surface area contributed by atoms with Crippen molar-refractivity contribution in [1.29, 1.82) is 0 Å². The van der Waals surface area contributed by atoms with E-state index in [2.05, 4.69) is 90.1 Å². The molecule has 3 nitrogen and oxygen atoms in total. The zero-order valence-electron chi connectivity index (χ0n) is 19.9. The van der Waals surface area contributed by atoms with Gasteiger partial charge in [-0.15, -0.1) is 0 Å². The van der Waals surface area contributed by atoms with Crippen LogP contribution in [0.3, 0.4) is 0 Å². The Balaban J connectivity index is 0.000000176. The van der Waals surface area contributed by atoms with E-state index < -0.39 is 5.97 Å². The SMILES string of the molecule is CC(C)(C)c1ccc(C2CC2C(=O)O)cc1.CC(C)(C)c1ccc(C2CC2CO)cc1. The first-order valence-electron chi connectivity index (χ1n) is 11.5. The Morgan fingerprint density at radius 2 is 1.19 bits per heavy atom. The molecule has 2 N–H and O–H groups in total. The lowest BCUT2D eigenvalue weighted by Gasteiger charge is -2.19. The Morgan fingerprint density at radius 1 is 0.774 bits per heavy atom. The molecule has 0 bridgehead atoms. The van der Waals surface area contributed by atoms with Crippen LogP contribution in [0.5, 0.6) is 0 Å². The number of aliphatic carboxylic acids is 1. The van der Waals surface area contributed by atoms with Gasteiger partial charge in [0.25, 0.3) is 0 Å². The molecule has 0 heterocycles. The molecule has 0 aliphatic heterocycles. The van der Waals surface area contributed by atoms with Crippen LogP contribution >= 0.6 is 0 Å². The fourth-order valence-electron chi connectivity index (χ4n) is 4.15. The summed E-state index contributed by atoms with van der Waals surface area (Å²) >= 11 is 0. The second kappa shape index (κ2) is 8.78. The lowest BCUT2D eigenvalue weighted by Crippen LogP contribution is -2.10. The minimum absolute atomic E-state index is 0.152. The second-order valence-electron chi connectivity index (χ2n) is 11.3. The first-order valence-corrected chi connectivity index (χ1v) is 11.5. The lowest BCUT2D eigenvalue weighted by atomic mass is 9.86. The van der Waals surface area contributed by atoms with Crippen LogP contribution in [-0.4, -0.2) is 22.8 Å². The summed E-state index contributed by atoms with van der Waals surface area (Å²) in [4.78, 5) is 10.8. The highest BCUT2D eigenvalue weighted by atomic mass is 16.4. The maximum Gasteiger partial charge on any atom is 0.307 e. The van der Waals surface area contributed by atoms with Crippen molar-refractivity contribution in [2.45, 2.75) is 77.0 Å². The zero-order chi connectivity index (χ0) is 23.0. The van der Waals surface area contributed by atoms with E-state index in [1.165, 1.54) is 22.3 Å². The average molecular weight is 423 g/mol. The Morgan fingerprint density at radius 3 is 1.48 bits per heavy atom. The maximum absolute atomic E-state index is 10.8. The Kier molecular flexibility index (Phi) is 6.67. The molecule has 0 spiro atoms. The van der Waals surface area contributed by atoms with E-state index >= 15 is 0 Å². The van der Waals surface area contributed by atoms with Crippen LogP contribution in [0.1, 0.15) is 88.5 Å². The second-order valence-corrected chi connectivity index (χ2v) is 11.3. The Hall–Kier alpha value is -2.13. The van der Waals surface area contributed by atoms with Gasteiger partial charge >= 0.3 is 5.97 Å². The number of benzene rings is 2. The molecule has 2 aromatic rings. The molecular formula is C28H38O3. The predicted octanol–water partition coefficient (Wildman–Crippen LogP) is 6.25. The quantitative estimate of drug-likeness (QED) is 0.612. The van der Waals surface area contributed by atoms with Crippen LogP contribution in [0.15, 0.2) is 48.5 Å². The van der Waals surface area contributed by atoms with E-state index in [1.54, 1.807) is 0 Å². The maximum atomic E-state index is 10.8. The Bertz CT molecular complexity index is 882. The minimum Gasteiger partial charge on any atom is -0.481 e. The van der Waals surface area contributed by atoms with Gasteiger partial charge in [0.2, 0.25) is 0 Å². The third-order valence-electron chi connectivity index (χ3n) is 6.67. The summed E-state index contributed by atoms with van der Waals surface area (Å²) in [5.41, 5.74) is 5.63. The van der Waals surface area contributed by atoms with Crippen molar-refractivity contribution in [2.24, 2.45) is 11.8 Å². The molecule has 0 aromatic heterocycles. The molecule has 31 heavy (non-hydrogen) atoms. The van der Waals surface area contributed by atoms with Gasteiger partial charge in [0.15, 0.2) is 0 Å². The van der Waals surface area contributed by atoms with Gasteiger partial charge in [0.05, 0.1) is 5.92 Å². The van der Waals surface area contributed by atoms with Crippen LogP contribution in [0, 0.1) is 11.8 Å². The number of rotatable bonds is 4. The van der Waals surface area contributed by atoms with Crippen molar-refractivity contribution >= 4 is 5.97 Å². The van der Waals surface area contributed by atoms with E-state index in [-0.39, 0.29) is 22.7 Å². The number of carbonyl (C=O) groups is 1. The van der Waals surface area contributed by atoms with Gasteiger partial charge in [-0.25, -0.2) is 0 Å². The highest BCUT2D eigenvalue weighted by molar-refractivity contribution is 5.75. The molecule has 2 aliphatic rings. The predicted molar refractivity (Wildman–Crippen MR) is 127 cm³/mol. The first kappa shape index (κ1) is 23.5. The van der Waals surface area contributed by atoms with Gasteiger partial charge in [-0.05, 0) is 63.7 Å². The summed E-state index contributed by atoms with van der Waals surface area (Å²) in [7, 11) is 0. The van der Waals surface area contributed by atoms with Crippen molar-refractivity contribution in [3.8, 4) is 0 Å². The highest BCUT2D eigenvalue weighted by Gasteiger charge is 2.44. The fraction of sp³-hybridized carbons (Fsp3) is 0.536. The number of carboxylic acid groups (broad SMARTS) is 1. The molecule has 2 saturated carbocycles. The summed E-state index contributed by atoms with van der Waals surface area (Å²) in [5.74, 6) is 0.561. The molecule has 168 valence electrons. The molecule has 4 unspecified atom stereocenters. The summed E-state index contributed by atoms with van der Waals surface area (Å²) in [6.45, 7) is 13.6. The van der Waals surface area contributed by atoms with Crippen LogP contribution in [0.2, 0.25) is 0 Å². The van der Waals surface area contributed by atoms with E-state index in [0.717, 1.165) is 12.8 Å². The number of aliphatic hydroxyl groups excluding tert-OH is 1. The molecule has 4 rings (SSSR count). The topological polar surface area (TPSA) is 57.5 Å². The third-order valence-corrected chi connectivity index (χ3v) is 6.67. The summed E-state index contributed by atoms with van der Waals surface area (Å²) in [5, 5.41) is 17.9. The van der Waals surface area contributed by atoms with Crippen LogP contribution in [0.4, 0.5) is 0 Å². The molecule has 3 heteroatoms. The van der Waals surface area contributed by atoms with E-state index in [4.69, 9.17) is 10.2 Å². The summed E-state index contributed by atoms with van der Waals surface area (Å²) in [6, 6.07) is 17.3. The Labute approximate surface area is 187 Å². The van der Waals surface area contributed by atoms with Crippen molar-refractivity contribution in [3.05, 3.63) is 70.8 Å². The summed E-state index contributed by atoms with van der Waals surface area (Å²) in [6.07, 6.45) is 1.95. The van der Waals surface area contributed by atoms with Crippen LogP contribution in [-0.2, 0) is 15.6 Å². The number of hydrogen-bond acceptors (Lipinski definition) is 2. The number of hydrogen-bond donors (Lipinski definition) is 2. The molecular weight excluding hydrogens is 384 g/mol. The van der Waals surface area contributed by atoms with Gasteiger partial charge in [-0.1, -0.05) is 90.1 Å². The van der Waals surface area contributed by atoms with Crippen LogP contribution < -0.4 is 0 Å².